The molecule has 1 heterocycles. The Morgan fingerprint density at radius 3 is 2.35 bits per heavy atom. The van der Waals surface area contributed by atoms with Gasteiger partial charge in [0.2, 0.25) is 0 Å². The number of benzene rings is 2. The maximum absolute atomic E-state index is 12.3. The number of nitrogens with one attached hydrogen (secondary N) is 2. The van der Waals surface area contributed by atoms with E-state index in [2.05, 4.69) is 10.6 Å². The number of rotatable bonds is 5. The lowest BCUT2D eigenvalue weighted by Crippen LogP contribution is -2.31. The summed E-state index contributed by atoms with van der Waals surface area (Å²) >= 11 is 11.9. The van der Waals surface area contributed by atoms with E-state index in [0.29, 0.717) is 33.4 Å². The molecule has 1 atom stereocenters. The summed E-state index contributed by atoms with van der Waals surface area (Å²) in [5.41, 5.74) is 1.38. The molecule has 0 aromatic heterocycles. The first-order valence-electron chi connectivity index (χ1n) is 8.29. The molecule has 1 unspecified atom stereocenters. The minimum absolute atomic E-state index is 0.0909. The lowest BCUT2D eigenvalue weighted by Gasteiger charge is -2.11. The minimum Gasteiger partial charge on any atom is -0.376 e. The normalized spacial score (nSPS) is 16.3. The standard InChI is InChI=1S/C19H18Cl2N2O3/c20-14-7-8-17(16(21)10-14)23-19(25)13-5-3-12(4-6-13)18(24)22-11-15-2-1-9-26-15/h3-8,10,15H,1-2,9,11H2,(H,22,24)(H,23,25). The van der Waals surface area contributed by atoms with Gasteiger partial charge in [-0.15, -0.1) is 0 Å². The Kier molecular flexibility index (Phi) is 6.14. The van der Waals surface area contributed by atoms with Crippen LogP contribution in [0.15, 0.2) is 42.5 Å². The molecule has 3 rings (SSSR count). The van der Waals surface area contributed by atoms with Gasteiger partial charge in [0.1, 0.15) is 0 Å². The fraction of sp³-hybridized carbons (Fsp3) is 0.263. The van der Waals surface area contributed by atoms with Crippen LogP contribution in [0, 0.1) is 0 Å². The van der Waals surface area contributed by atoms with Crippen LogP contribution in [-0.4, -0.2) is 31.1 Å². The van der Waals surface area contributed by atoms with E-state index in [-0.39, 0.29) is 17.9 Å². The molecular weight excluding hydrogens is 375 g/mol. The second-order valence-electron chi connectivity index (χ2n) is 6.00. The van der Waals surface area contributed by atoms with Crippen LogP contribution >= 0.6 is 23.2 Å². The van der Waals surface area contributed by atoms with Crippen LogP contribution < -0.4 is 10.6 Å². The van der Waals surface area contributed by atoms with Crippen LogP contribution in [0.2, 0.25) is 10.0 Å². The van der Waals surface area contributed by atoms with Gasteiger partial charge in [-0.1, -0.05) is 23.2 Å². The summed E-state index contributed by atoms with van der Waals surface area (Å²) in [7, 11) is 0. The smallest absolute Gasteiger partial charge is 0.255 e. The second kappa shape index (κ2) is 8.54. The zero-order valence-corrected chi connectivity index (χ0v) is 15.4. The largest absolute Gasteiger partial charge is 0.376 e. The lowest BCUT2D eigenvalue weighted by atomic mass is 10.1. The molecule has 0 saturated carbocycles. The summed E-state index contributed by atoms with van der Waals surface area (Å²) in [6.45, 7) is 1.25. The molecule has 1 fully saturated rings. The molecule has 5 nitrogen and oxygen atoms in total. The van der Waals surface area contributed by atoms with Crippen molar-refractivity contribution in [3.05, 3.63) is 63.6 Å². The number of amides is 2. The van der Waals surface area contributed by atoms with Crippen molar-refractivity contribution in [2.45, 2.75) is 18.9 Å². The summed E-state index contributed by atoms with van der Waals surface area (Å²) < 4.78 is 5.48. The van der Waals surface area contributed by atoms with Crippen molar-refractivity contribution >= 4 is 40.7 Å². The van der Waals surface area contributed by atoms with E-state index in [9.17, 15) is 9.59 Å². The molecule has 2 aromatic carbocycles. The van der Waals surface area contributed by atoms with Crippen LogP contribution in [0.25, 0.3) is 0 Å². The molecule has 7 heteroatoms. The van der Waals surface area contributed by atoms with Crippen LogP contribution in [0.3, 0.4) is 0 Å². The average Bonchev–Trinajstić information content (AvgIpc) is 3.15. The van der Waals surface area contributed by atoms with Crippen LogP contribution in [0.1, 0.15) is 33.6 Å². The van der Waals surface area contributed by atoms with Crippen molar-refractivity contribution in [2.24, 2.45) is 0 Å². The van der Waals surface area contributed by atoms with E-state index in [1.807, 2.05) is 0 Å². The van der Waals surface area contributed by atoms with E-state index in [4.69, 9.17) is 27.9 Å². The molecule has 0 radical (unpaired) electrons. The zero-order chi connectivity index (χ0) is 18.5. The minimum atomic E-state index is -0.319. The van der Waals surface area contributed by atoms with Crippen molar-refractivity contribution in [2.75, 3.05) is 18.5 Å². The first-order chi connectivity index (χ1) is 12.5. The monoisotopic (exact) mass is 392 g/mol. The molecule has 1 saturated heterocycles. The molecule has 26 heavy (non-hydrogen) atoms. The Hall–Kier alpha value is -2.08. The number of halogens is 2. The highest BCUT2D eigenvalue weighted by atomic mass is 35.5. The number of carbonyl (C=O) groups excluding carboxylic acids is 2. The van der Waals surface area contributed by atoms with Gasteiger partial charge in [0, 0.05) is 29.3 Å². The first-order valence-corrected chi connectivity index (χ1v) is 9.05. The molecule has 0 aliphatic carbocycles. The van der Waals surface area contributed by atoms with Gasteiger partial charge in [0.25, 0.3) is 11.8 Å². The van der Waals surface area contributed by atoms with Crippen molar-refractivity contribution in [1.82, 2.24) is 5.32 Å². The van der Waals surface area contributed by atoms with E-state index in [0.717, 1.165) is 19.4 Å². The molecule has 0 bridgehead atoms. The quantitative estimate of drug-likeness (QED) is 0.802. The molecule has 2 amide bonds. The molecule has 1 aliphatic heterocycles. The van der Waals surface area contributed by atoms with Gasteiger partial charge in [-0.3, -0.25) is 9.59 Å². The fourth-order valence-corrected chi connectivity index (χ4v) is 3.13. The predicted molar refractivity (Wildman–Crippen MR) is 102 cm³/mol. The third kappa shape index (κ3) is 4.75. The van der Waals surface area contributed by atoms with E-state index < -0.39 is 0 Å². The fourth-order valence-electron chi connectivity index (χ4n) is 2.67. The molecule has 1 aliphatic rings. The maximum Gasteiger partial charge on any atom is 0.255 e. The zero-order valence-electron chi connectivity index (χ0n) is 13.9. The number of anilines is 1. The molecule has 136 valence electrons. The van der Waals surface area contributed by atoms with Gasteiger partial charge in [-0.05, 0) is 55.3 Å². The van der Waals surface area contributed by atoms with Gasteiger partial charge < -0.3 is 15.4 Å². The van der Waals surface area contributed by atoms with Crippen LogP contribution in [0.4, 0.5) is 5.69 Å². The third-order valence-corrected chi connectivity index (χ3v) is 4.65. The topological polar surface area (TPSA) is 67.4 Å². The summed E-state index contributed by atoms with van der Waals surface area (Å²) in [5.74, 6) is -0.506. The highest BCUT2D eigenvalue weighted by Gasteiger charge is 2.17. The Labute approximate surface area is 161 Å². The summed E-state index contributed by atoms with van der Waals surface area (Å²) in [5, 5.41) is 6.42. The van der Waals surface area contributed by atoms with Crippen molar-refractivity contribution in [1.29, 1.82) is 0 Å². The summed E-state index contributed by atoms with van der Waals surface area (Å²) in [6, 6.07) is 11.3. The number of hydrogen-bond donors (Lipinski definition) is 2. The van der Waals surface area contributed by atoms with Crippen molar-refractivity contribution in [3.8, 4) is 0 Å². The van der Waals surface area contributed by atoms with Gasteiger partial charge in [0.05, 0.1) is 16.8 Å². The number of carbonyl (C=O) groups is 2. The van der Waals surface area contributed by atoms with Gasteiger partial charge >= 0.3 is 0 Å². The Morgan fingerprint density at radius 2 is 1.73 bits per heavy atom. The third-order valence-electron chi connectivity index (χ3n) is 4.10. The Morgan fingerprint density at radius 1 is 1.04 bits per heavy atom. The van der Waals surface area contributed by atoms with Crippen molar-refractivity contribution < 1.29 is 14.3 Å². The van der Waals surface area contributed by atoms with Gasteiger partial charge in [-0.2, -0.15) is 0 Å². The lowest BCUT2D eigenvalue weighted by molar-refractivity contribution is 0.0857. The molecule has 0 spiro atoms. The van der Waals surface area contributed by atoms with E-state index >= 15 is 0 Å². The highest BCUT2D eigenvalue weighted by Crippen LogP contribution is 2.25. The van der Waals surface area contributed by atoms with Crippen molar-refractivity contribution in [3.63, 3.8) is 0 Å². The van der Waals surface area contributed by atoms with E-state index in [1.165, 1.54) is 0 Å². The average molecular weight is 393 g/mol. The number of ether oxygens (including phenoxy) is 1. The van der Waals surface area contributed by atoms with Crippen LogP contribution in [0.5, 0.6) is 0 Å². The van der Waals surface area contributed by atoms with Gasteiger partial charge in [0.15, 0.2) is 0 Å². The molecule has 2 aromatic rings. The first kappa shape index (κ1) is 18.7. The van der Waals surface area contributed by atoms with Crippen LogP contribution in [-0.2, 0) is 4.74 Å². The highest BCUT2D eigenvalue weighted by molar-refractivity contribution is 6.36. The Balaban J connectivity index is 1.59. The summed E-state index contributed by atoms with van der Waals surface area (Å²) in [6.07, 6.45) is 2.09. The second-order valence-corrected chi connectivity index (χ2v) is 6.84. The summed E-state index contributed by atoms with van der Waals surface area (Å²) in [4.78, 5) is 24.5. The predicted octanol–water partition coefficient (Wildman–Crippen LogP) is 4.15. The maximum atomic E-state index is 12.3. The Bertz CT molecular complexity index is 803. The SMILES string of the molecule is O=C(NCC1CCCO1)c1ccc(C(=O)Nc2ccc(Cl)cc2Cl)cc1. The van der Waals surface area contributed by atoms with Gasteiger partial charge in [-0.25, -0.2) is 0 Å². The number of hydrogen-bond acceptors (Lipinski definition) is 3. The van der Waals surface area contributed by atoms with E-state index in [1.54, 1.807) is 42.5 Å². The molecular formula is C19H18Cl2N2O3. The molecule has 2 N–H and O–H groups in total.